The van der Waals surface area contributed by atoms with Gasteiger partial charge in [-0.25, -0.2) is 15.0 Å². The molecule has 0 bridgehead atoms. The third-order valence-electron chi connectivity index (χ3n) is 3.21. The number of pyridine rings is 1. The van der Waals surface area contributed by atoms with Crippen LogP contribution in [0.2, 0.25) is 0 Å². The molecule has 1 saturated heterocycles. The van der Waals surface area contributed by atoms with E-state index in [1.165, 1.54) is 0 Å². The van der Waals surface area contributed by atoms with Crippen LogP contribution >= 0.6 is 15.9 Å². The fraction of sp³-hybridized carbons (Fsp3) is 0.357. The van der Waals surface area contributed by atoms with Crippen LogP contribution in [0.25, 0.3) is 0 Å². The molecular formula is C14H15BrN4O. The lowest BCUT2D eigenvalue weighted by Crippen LogP contribution is -2.25. The number of nitrogens with zero attached hydrogens (tertiary/aromatic N) is 4. The molecule has 2 aromatic heterocycles. The number of hydrogen-bond acceptors (Lipinski definition) is 5. The van der Waals surface area contributed by atoms with Crippen LogP contribution in [-0.2, 0) is 0 Å². The van der Waals surface area contributed by atoms with E-state index in [0.717, 1.165) is 35.4 Å². The summed E-state index contributed by atoms with van der Waals surface area (Å²) >= 11 is 3.53. The molecule has 1 fully saturated rings. The van der Waals surface area contributed by atoms with E-state index in [2.05, 4.69) is 35.8 Å². The first-order valence-corrected chi connectivity index (χ1v) is 7.32. The van der Waals surface area contributed by atoms with Gasteiger partial charge in [-0.3, -0.25) is 0 Å². The Kier molecular flexibility index (Phi) is 3.82. The molecule has 0 saturated carbocycles. The molecule has 0 aromatic carbocycles. The van der Waals surface area contributed by atoms with E-state index in [4.69, 9.17) is 4.74 Å². The highest BCUT2D eigenvalue weighted by atomic mass is 79.9. The minimum atomic E-state index is 0.103. The minimum Gasteiger partial charge on any atom is -0.458 e. The zero-order valence-electron chi connectivity index (χ0n) is 11.2. The first-order chi connectivity index (χ1) is 9.72. The summed E-state index contributed by atoms with van der Waals surface area (Å²) in [5.41, 5.74) is 1.03. The van der Waals surface area contributed by atoms with Gasteiger partial charge in [0.2, 0.25) is 0 Å². The number of rotatable bonds is 3. The molecule has 3 heterocycles. The lowest BCUT2D eigenvalue weighted by molar-refractivity contribution is 0.206. The third-order valence-corrected chi connectivity index (χ3v) is 3.83. The standard InChI is InChI=1S/C14H15BrN4O/c1-10-7-17-14(18-8-10)20-11-4-6-19(9-11)13-12(15)3-2-5-16-13/h2-3,5,7-8,11H,4,6,9H2,1H3. The van der Waals surface area contributed by atoms with Crippen molar-refractivity contribution in [2.75, 3.05) is 18.0 Å². The van der Waals surface area contributed by atoms with Crippen molar-refractivity contribution in [3.05, 3.63) is 40.8 Å². The first kappa shape index (κ1) is 13.3. The van der Waals surface area contributed by atoms with E-state index >= 15 is 0 Å². The topological polar surface area (TPSA) is 51.1 Å². The first-order valence-electron chi connectivity index (χ1n) is 6.53. The molecule has 6 heteroatoms. The molecule has 1 atom stereocenters. The summed E-state index contributed by atoms with van der Waals surface area (Å²) in [5, 5.41) is 0. The molecule has 0 amide bonds. The van der Waals surface area contributed by atoms with Crippen molar-refractivity contribution in [2.45, 2.75) is 19.4 Å². The van der Waals surface area contributed by atoms with Gasteiger partial charge in [-0.05, 0) is 40.5 Å². The Hall–Kier alpha value is -1.69. The Morgan fingerprint density at radius 2 is 2.10 bits per heavy atom. The van der Waals surface area contributed by atoms with Gasteiger partial charge < -0.3 is 9.64 Å². The summed E-state index contributed by atoms with van der Waals surface area (Å²) in [4.78, 5) is 15.0. The maximum absolute atomic E-state index is 5.81. The maximum Gasteiger partial charge on any atom is 0.316 e. The Bertz CT molecular complexity index is 590. The molecule has 1 unspecified atom stereocenters. The average molecular weight is 335 g/mol. The lowest BCUT2D eigenvalue weighted by Gasteiger charge is -2.18. The van der Waals surface area contributed by atoms with E-state index in [0.29, 0.717) is 6.01 Å². The summed E-state index contributed by atoms with van der Waals surface area (Å²) < 4.78 is 6.82. The van der Waals surface area contributed by atoms with Gasteiger partial charge in [0.15, 0.2) is 0 Å². The maximum atomic E-state index is 5.81. The van der Waals surface area contributed by atoms with Crippen molar-refractivity contribution in [3.63, 3.8) is 0 Å². The highest BCUT2D eigenvalue weighted by Gasteiger charge is 2.26. The van der Waals surface area contributed by atoms with E-state index in [1.807, 2.05) is 19.1 Å². The van der Waals surface area contributed by atoms with E-state index in [9.17, 15) is 0 Å². The fourth-order valence-electron chi connectivity index (χ4n) is 2.22. The van der Waals surface area contributed by atoms with Crippen LogP contribution in [0.4, 0.5) is 5.82 Å². The summed E-state index contributed by atoms with van der Waals surface area (Å²) in [6.45, 7) is 3.68. The van der Waals surface area contributed by atoms with Crippen molar-refractivity contribution in [1.29, 1.82) is 0 Å². The average Bonchev–Trinajstić information content (AvgIpc) is 2.90. The number of halogens is 1. The smallest absolute Gasteiger partial charge is 0.316 e. The van der Waals surface area contributed by atoms with Crippen molar-refractivity contribution >= 4 is 21.7 Å². The molecular weight excluding hydrogens is 320 g/mol. The second kappa shape index (κ2) is 5.75. The summed E-state index contributed by atoms with van der Waals surface area (Å²) in [6.07, 6.45) is 6.39. The van der Waals surface area contributed by atoms with Crippen molar-refractivity contribution in [3.8, 4) is 6.01 Å². The SMILES string of the molecule is Cc1cnc(OC2CCN(c3ncccc3Br)C2)nc1. The molecule has 1 aliphatic rings. The Balaban J connectivity index is 1.65. The number of aromatic nitrogens is 3. The molecule has 0 N–H and O–H groups in total. The second-order valence-corrected chi connectivity index (χ2v) is 5.68. The van der Waals surface area contributed by atoms with Gasteiger partial charge in [0, 0.05) is 31.6 Å². The Labute approximate surface area is 126 Å². The van der Waals surface area contributed by atoms with Gasteiger partial charge in [-0.15, -0.1) is 0 Å². The van der Waals surface area contributed by atoms with Gasteiger partial charge in [-0.1, -0.05) is 0 Å². The highest BCUT2D eigenvalue weighted by Crippen LogP contribution is 2.27. The molecule has 5 nitrogen and oxygen atoms in total. The summed E-state index contributed by atoms with van der Waals surface area (Å²) in [7, 11) is 0. The van der Waals surface area contributed by atoms with Crippen LogP contribution in [-0.4, -0.2) is 34.1 Å². The number of ether oxygens (including phenoxy) is 1. The second-order valence-electron chi connectivity index (χ2n) is 4.83. The number of aryl methyl sites for hydroxylation is 1. The van der Waals surface area contributed by atoms with E-state index in [1.54, 1.807) is 18.6 Å². The van der Waals surface area contributed by atoms with Gasteiger partial charge in [0.05, 0.1) is 11.0 Å². The van der Waals surface area contributed by atoms with E-state index in [-0.39, 0.29) is 6.10 Å². The monoisotopic (exact) mass is 334 g/mol. The zero-order valence-corrected chi connectivity index (χ0v) is 12.7. The summed E-state index contributed by atoms with van der Waals surface area (Å²) in [5.74, 6) is 0.962. The minimum absolute atomic E-state index is 0.103. The van der Waals surface area contributed by atoms with E-state index < -0.39 is 0 Å². The molecule has 0 radical (unpaired) electrons. The normalized spacial score (nSPS) is 18.3. The summed E-state index contributed by atoms with van der Waals surface area (Å²) in [6, 6.07) is 4.36. The van der Waals surface area contributed by atoms with Crippen LogP contribution in [0, 0.1) is 6.92 Å². The Morgan fingerprint density at radius 3 is 2.85 bits per heavy atom. The number of hydrogen-bond donors (Lipinski definition) is 0. The quantitative estimate of drug-likeness (QED) is 0.863. The highest BCUT2D eigenvalue weighted by molar-refractivity contribution is 9.10. The molecule has 2 aromatic rings. The van der Waals surface area contributed by atoms with Crippen molar-refractivity contribution in [2.24, 2.45) is 0 Å². The van der Waals surface area contributed by atoms with Crippen LogP contribution < -0.4 is 9.64 Å². The Morgan fingerprint density at radius 1 is 1.30 bits per heavy atom. The number of anilines is 1. The molecule has 0 aliphatic carbocycles. The van der Waals surface area contributed by atoms with Gasteiger partial charge in [0.25, 0.3) is 0 Å². The van der Waals surface area contributed by atoms with Crippen LogP contribution in [0.15, 0.2) is 35.2 Å². The molecule has 0 spiro atoms. The molecule has 20 heavy (non-hydrogen) atoms. The van der Waals surface area contributed by atoms with Crippen molar-refractivity contribution < 1.29 is 4.74 Å². The zero-order chi connectivity index (χ0) is 13.9. The van der Waals surface area contributed by atoms with Crippen molar-refractivity contribution in [1.82, 2.24) is 15.0 Å². The third kappa shape index (κ3) is 2.90. The van der Waals surface area contributed by atoms with Crippen LogP contribution in [0.5, 0.6) is 6.01 Å². The molecule has 1 aliphatic heterocycles. The predicted octanol–water partition coefficient (Wildman–Crippen LogP) is 2.60. The molecule has 104 valence electrons. The van der Waals surface area contributed by atoms with Gasteiger partial charge in [0.1, 0.15) is 11.9 Å². The largest absolute Gasteiger partial charge is 0.458 e. The van der Waals surface area contributed by atoms with Crippen LogP contribution in [0.1, 0.15) is 12.0 Å². The molecule has 3 rings (SSSR count). The fourth-order valence-corrected chi connectivity index (χ4v) is 2.72. The van der Waals surface area contributed by atoms with Gasteiger partial charge >= 0.3 is 6.01 Å². The lowest BCUT2D eigenvalue weighted by atomic mass is 10.3. The predicted molar refractivity (Wildman–Crippen MR) is 80.0 cm³/mol. The van der Waals surface area contributed by atoms with Crippen LogP contribution in [0.3, 0.4) is 0 Å². The van der Waals surface area contributed by atoms with Gasteiger partial charge in [-0.2, -0.15) is 0 Å².